The number of piperidine rings is 1. The molecule has 1 aliphatic rings. The molecule has 1 heterocycles. The molecule has 6 nitrogen and oxygen atoms in total. The lowest BCUT2D eigenvalue weighted by molar-refractivity contribution is 0.102. The Morgan fingerprint density at radius 3 is 2.43 bits per heavy atom. The summed E-state index contributed by atoms with van der Waals surface area (Å²) in [5, 5.41) is 2.94. The average Bonchev–Trinajstić information content (AvgIpc) is 2.70. The molecule has 0 aliphatic carbocycles. The highest BCUT2D eigenvalue weighted by Gasteiger charge is 2.19. The first kappa shape index (κ1) is 19.9. The average molecular weight is 383 g/mol. The van der Waals surface area contributed by atoms with E-state index in [1.807, 2.05) is 12.1 Å². The quantitative estimate of drug-likeness (QED) is 0.761. The van der Waals surface area contributed by atoms with E-state index in [-0.39, 0.29) is 5.91 Å². The summed E-state index contributed by atoms with van der Waals surface area (Å²) in [6.45, 7) is 6.40. The lowest BCUT2D eigenvalue weighted by Gasteiger charge is -2.33. The molecule has 150 valence electrons. The van der Waals surface area contributed by atoms with Gasteiger partial charge in [0.2, 0.25) is 0 Å². The molecule has 2 aromatic carbocycles. The molecule has 1 saturated heterocycles. The number of ether oxygens (including phenoxy) is 2. The molecule has 6 heteroatoms. The van der Waals surface area contributed by atoms with Gasteiger partial charge in [-0.3, -0.25) is 4.79 Å². The molecule has 1 fully saturated rings. The molecule has 0 saturated carbocycles. The number of nitrogen functional groups attached to an aromatic ring is 1. The van der Waals surface area contributed by atoms with Gasteiger partial charge in [0.25, 0.3) is 5.91 Å². The molecule has 1 aliphatic heterocycles. The van der Waals surface area contributed by atoms with Crippen molar-refractivity contribution in [2.24, 2.45) is 5.92 Å². The van der Waals surface area contributed by atoms with Gasteiger partial charge >= 0.3 is 0 Å². The van der Waals surface area contributed by atoms with Gasteiger partial charge in [-0.1, -0.05) is 6.92 Å². The lowest BCUT2D eigenvalue weighted by Crippen LogP contribution is -2.33. The van der Waals surface area contributed by atoms with E-state index < -0.39 is 0 Å². The standard InChI is InChI=1S/C22H29N3O3/c1-14-7-9-25(10-8-14)19-13-18(17(23)11-15(19)2)24-22(26)16-5-6-20(27-3)21(12-16)28-4/h5-6,11-14H,7-10,23H2,1-4H3,(H,24,26). The summed E-state index contributed by atoms with van der Waals surface area (Å²) in [5.41, 5.74) is 10.1. The summed E-state index contributed by atoms with van der Waals surface area (Å²) in [7, 11) is 3.11. The van der Waals surface area contributed by atoms with Gasteiger partial charge in [0, 0.05) is 24.3 Å². The van der Waals surface area contributed by atoms with Crippen LogP contribution in [0.15, 0.2) is 30.3 Å². The van der Waals surface area contributed by atoms with E-state index in [0.29, 0.717) is 28.4 Å². The molecule has 2 aromatic rings. The Balaban J connectivity index is 1.83. The number of carbonyl (C=O) groups excluding carboxylic acids is 1. The predicted molar refractivity (Wildman–Crippen MR) is 114 cm³/mol. The molecule has 28 heavy (non-hydrogen) atoms. The van der Waals surface area contributed by atoms with Crippen molar-refractivity contribution < 1.29 is 14.3 Å². The number of carbonyl (C=O) groups is 1. The monoisotopic (exact) mass is 383 g/mol. The van der Waals surface area contributed by atoms with Gasteiger partial charge in [-0.2, -0.15) is 0 Å². The van der Waals surface area contributed by atoms with Gasteiger partial charge < -0.3 is 25.4 Å². The van der Waals surface area contributed by atoms with Gasteiger partial charge in [-0.25, -0.2) is 0 Å². The fourth-order valence-corrected chi connectivity index (χ4v) is 3.59. The maximum absolute atomic E-state index is 12.8. The summed E-state index contributed by atoms with van der Waals surface area (Å²) in [6, 6.07) is 8.99. The number of nitrogens with two attached hydrogens (primary N) is 1. The zero-order valence-corrected chi connectivity index (χ0v) is 17.0. The molecule has 0 bridgehead atoms. The second kappa shape index (κ2) is 8.42. The normalized spacial score (nSPS) is 14.6. The van der Waals surface area contributed by atoms with E-state index in [0.717, 1.165) is 30.3 Å². The van der Waals surface area contributed by atoms with Crippen LogP contribution < -0.4 is 25.4 Å². The third kappa shape index (κ3) is 4.16. The Labute approximate surface area is 166 Å². The van der Waals surface area contributed by atoms with E-state index in [1.54, 1.807) is 32.4 Å². The number of hydrogen-bond acceptors (Lipinski definition) is 5. The number of amides is 1. The number of rotatable bonds is 5. The molecule has 3 rings (SSSR count). The highest BCUT2D eigenvalue weighted by Crippen LogP contribution is 2.33. The molecule has 0 unspecified atom stereocenters. The minimum absolute atomic E-state index is 0.241. The SMILES string of the molecule is COc1ccc(C(=O)Nc2cc(N3CCC(C)CC3)c(C)cc2N)cc1OC. The zero-order chi connectivity index (χ0) is 20.3. The minimum atomic E-state index is -0.241. The first-order valence-corrected chi connectivity index (χ1v) is 9.61. The summed E-state index contributed by atoms with van der Waals surface area (Å²) in [6.07, 6.45) is 2.36. The number of benzene rings is 2. The fraction of sp³-hybridized carbons (Fsp3) is 0.409. The number of nitrogens with zero attached hydrogens (tertiary/aromatic N) is 1. The van der Waals surface area contributed by atoms with Crippen LogP contribution in [0, 0.1) is 12.8 Å². The van der Waals surface area contributed by atoms with Crippen molar-refractivity contribution in [3.8, 4) is 11.5 Å². The Kier molecular flexibility index (Phi) is 5.97. The van der Waals surface area contributed by atoms with Crippen molar-refractivity contribution in [3.63, 3.8) is 0 Å². The van der Waals surface area contributed by atoms with Crippen LogP contribution in [0.1, 0.15) is 35.7 Å². The van der Waals surface area contributed by atoms with Crippen LogP contribution in [0.4, 0.5) is 17.1 Å². The summed E-state index contributed by atoms with van der Waals surface area (Å²) < 4.78 is 10.5. The fourth-order valence-electron chi connectivity index (χ4n) is 3.59. The number of aryl methyl sites for hydroxylation is 1. The summed E-state index contributed by atoms with van der Waals surface area (Å²) >= 11 is 0. The van der Waals surface area contributed by atoms with E-state index in [4.69, 9.17) is 15.2 Å². The van der Waals surface area contributed by atoms with Gasteiger partial charge in [0.05, 0.1) is 25.6 Å². The smallest absolute Gasteiger partial charge is 0.255 e. The third-order valence-electron chi connectivity index (χ3n) is 5.39. The van der Waals surface area contributed by atoms with Crippen molar-refractivity contribution in [2.75, 3.05) is 43.3 Å². The number of methoxy groups -OCH3 is 2. The number of nitrogens with one attached hydrogen (secondary N) is 1. The number of hydrogen-bond donors (Lipinski definition) is 2. The molecule has 0 aromatic heterocycles. The second-order valence-corrected chi connectivity index (χ2v) is 7.42. The van der Waals surface area contributed by atoms with Gasteiger partial charge in [-0.15, -0.1) is 0 Å². The molecular weight excluding hydrogens is 354 g/mol. The zero-order valence-electron chi connectivity index (χ0n) is 17.0. The van der Waals surface area contributed by atoms with Crippen LogP contribution in [0.3, 0.4) is 0 Å². The Morgan fingerprint density at radius 1 is 1.11 bits per heavy atom. The van der Waals surface area contributed by atoms with Crippen molar-refractivity contribution in [3.05, 3.63) is 41.5 Å². The maximum Gasteiger partial charge on any atom is 0.255 e. The van der Waals surface area contributed by atoms with Gasteiger partial charge in [0.15, 0.2) is 11.5 Å². The third-order valence-corrected chi connectivity index (χ3v) is 5.39. The highest BCUT2D eigenvalue weighted by molar-refractivity contribution is 6.06. The van der Waals surface area contributed by atoms with E-state index >= 15 is 0 Å². The lowest BCUT2D eigenvalue weighted by atomic mass is 9.98. The van der Waals surface area contributed by atoms with E-state index in [1.165, 1.54) is 12.8 Å². The van der Waals surface area contributed by atoms with Crippen LogP contribution >= 0.6 is 0 Å². The van der Waals surface area contributed by atoms with Crippen molar-refractivity contribution in [1.82, 2.24) is 0 Å². The Hall–Kier alpha value is -2.89. The maximum atomic E-state index is 12.8. The van der Waals surface area contributed by atoms with Crippen LogP contribution in [0.5, 0.6) is 11.5 Å². The summed E-state index contributed by atoms with van der Waals surface area (Å²) in [4.78, 5) is 15.1. The first-order valence-electron chi connectivity index (χ1n) is 9.61. The molecule has 3 N–H and O–H groups in total. The molecule has 0 spiro atoms. The Bertz CT molecular complexity index is 858. The van der Waals surface area contributed by atoms with Gasteiger partial charge in [-0.05, 0) is 61.6 Å². The first-order chi connectivity index (χ1) is 13.4. The number of anilines is 3. The van der Waals surface area contributed by atoms with Crippen LogP contribution in [0.2, 0.25) is 0 Å². The molecular formula is C22H29N3O3. The largest absolute Gasteiger partial charge is 0.493 e. The van der Waals surface area contributed by atoms with Crippen LogP contribution in [0.25, 0.3) is 0 Å². The van der Waals surface area contributed by atoms with Gasteiger partial charge in [0.1, 0.15) is 0 Å². The molecule has 0 radical (unpaired) electrons. The van der Waals surface area contributed by atoms with Crippen molar-refractivity contribution in [1.29, 1.82) is 0 Å². The Morgan fingerprint density at radius 2 is 1.79 bits per heavy atom. The molecule has 0 atom stereocenters. The highest BCUT2D eigenvalue weighted by atomic mass is 16.5. The summed E-state index contributed by atoms with van der Waals surface area (Å²) in [5.74, 6) is 1.61. The second-order valence-electron chi connectivity index (χ2n) is 7.42. The predicted octanol–water partition coefficient (Wildman–Crippen LogP) is 4.08. The van der Waals surface area contributed by atoms with Crippen molar-refractivity contribution >= 4 is 23.0 Å². The topological polar surface area (TPSA) is 76.8 Å². The van der Waals surface area contributed by atoms with E-state index in [2.05, 4.69) is 24.1 Å². The minimum Gasteiger partial charge on any atom is -0.493 e. The van der Waals surface area contributed by atoms with Crippen molar-refractivity contribution in [2.45, 2.75) is 26.7 Å². The van der Waals surface area contributed by atoms with Crippen LogP contribution in [-0.4, -0.2) is 33.2 Å². The molecule has 1 amide bonds. The van der Waals surface area contributed by atoms with Crippen LogP contribution in [-0.2, 0) is 0 Å². The van der Waals surface area contributed by atoms with E-state index in [9.17, 15) is 4.79 Å².